The van der Waals surface area contributed by atoms with Gasteiger partial charge in [-0.3, -0.25) is 4.98 Å². The van der Waals surface area contributed by atoms with Gasteiger partial charge in [0, 0.05) is 37.8 Å². The molecule has 1 fully saturated rings. The van der Waals surface area contributed by atoms with Crippen LogP contribution in [0.5, 0.6) is 0 Å². The Morgan fingerprint density at radius 1 is 1.17 bits per heavy atom. The van der Waals surface area contributed by atoms with Crippen LogP contribution in [0.15, 0.2) is 23.1 Å². The van der Waals surface area contributed by atoms with E-state index in [1.807, 2.05) is 47.7 Å². The van der Waals surface area contributed by atoms with E-state index in [2.05, 4.69) is 15.0 Å². The zero-order chi connectivity index (χ0) is 35.2. The molecule has 0 unspecified atom stereocenters. The summed E-state index contributed by atoms with van der Waals surface area (Å²) in [6, 6.07) is 1.86. The summed E-state index contributed by atoms with van der Waals surface area (Å²) in [6.07, 6.45) is -0.236. The number of rotatable bonds is 9. The Kier molecular flexibility index (Phi) is 10.4. The number of nitrogens with zero attached hydrogens (tertiary/aromatic N) is 6. The van der Waals surface area contributed by atoms with Gasteiger partial charge in [0.15, 0.2) is 24.9 Å². The number of hydrogen-bond donors (Lipinski definition) is 1. The van der Waals surface area contributed by atoms with Crippen LogP contribution >= 0.6 is 11.6 Å². The molecule has 1 N–H and O–H groups in total. The van der Waals surface area contributed by atoms with E-state index in [-0.39, 0.29) is 53.0 Å². The van der Waals surface area contributed by atoms with Crippen molar-refractivity contribution in [2.45, 2.75) is 103 Å². The Hall–Kier alpha value is -3.23. The van der Waals surface area contributed by atoms with Crippen molar-refractivity contribution in [3.8, 4) is 5.69 Å². The van der Waals surface area contributed by atoms with Crippen molar-refractivity contribution in [3.05, 3.63) is 51.0 Å². The highest BCUT2D eigenvalue weighted by Gasteiger charge is 2.41. The third-order valence-electron chi connectivity index (χ3n) is 9.28. The van der Waals surface area contributed by atoms with E-state index in [1.165, 1.54) is 15.7 Å². The molecule has 1 aliphatic rings. The first kappa shape index (κ1) is 36.6. The van der Waals surface area contributed by atoms with Crippen LogP contribution in [-0.2, 0) is 10.8 Å². The number of alkyl halides is 2. The lowest BCUT2D eigenvalue weighted by Gasteiger charge is -2.43. The van der Waals surface area contributed by atoms with E-state index < -0.39 is 62.1 Å². The molecule has 2 atom stereocenters. The highest BCUT2D eigenvalue weighted by atomic mass is 35.5. The molecule has 0 radical (unpaired) electrons. The zero-order valence-corrected chi connectivity index (χ0v) is 30.1. The van der Waals surface area contributed by atoms with Gasteiger partial charge in [-0.05, 0) is 62.0 Å². The molecule has 15 heteroatoms. The first-order chi connectivity index (χ1) is 21.6. The Balaban J connectivity index is 1.84. The number of aryl methyl sites for hydroxylation is 1. The first-order valence-electron chi connectivity index (χ1n) is 15.7. The molecule has 258 valence electrons. The fraction of sp³-hybridized carbons (Fsp3) is 0.594. The van der Waals surface area contributed by atoms with E-state index in [0.29, 0.717) is 11.3 Å². The first-order valence-corrected chi connectivity index (χ1v) is 19.0. The molecular formula is C32H44ClF3N6O4Si. The van der Waals surface area contributed by atoms with Gasteiger partial charge in [-0.15, -0.1) is 0 Å². The van der Waals surface area contributed by atoms with E-state index in [4.69, 9.17) is 16.0 Å². The van der Waals surface area contributed by atoms with Gasteiger partial charge >= 0.3 is 11.8 Å². The average molecular weight is 697 g/mol. The Morgan fingerprint density at radius 3 is 2.43 bits per heavy atom. The number of aromatic nitrogens is 4. The summed E-state index contributed by atoms with van der Waals surface area (Å²) in [6.45, 7) is 16.6. The number of hydrogen-bond acceptors (Lipinski definition) is 7. The molecule has 1 saturated heterocycles. The van der Waals surface area contributed by atoms with Crippen LogP contribution in [0.25, 0.3) is 16.7 Å². The Morgan fingerprint density at radius 2 is 1.83 bits per heavy atom. The Bertz CT molecular complexity index is 1710. The summed E-state index contributed by atoms with van der Waals surface area (Å²) in [7, 11) is -2.43. The van der Waals surface area contributed by atoms with Gasteiger partial charge in [-0.2, -0.15) is 4.98 Å². The summed E-state index contributed by atoms with van der Waals surface area (Å²) >= 11 is 6.18. The minimum atomic E-state index is -3.15. The molecule has 3 aromatic rings. The van der Waals surface area contributed by atoms with Gasteiger partial charge in [0.05, 0.1) is 23.4 Å². The molecular weight excluding hydrogens is 653 g/mol. The van der Waals surface area contributed by atoms with Crippen molar-refractivity contribution in [2.24, 2.45) is 0 Å². The number of carbonyl (C=O) groups is 1. The maximum Gasteiger partial charge on any atom is 0.407 e. The van der Waals surface area contributed by atoms with Crippen molar-refractivity contribution >= 4 is 42.9 Å². The quantitative estimate of drug-likeness (QED) is 0.184. The van der Waals surface area contributed by atoms with E-state index in [9.17, 15) is 14.7 Å². The summed E-state index contributed by atoms with van der Waals surface area (Å²) in [5, 5.41) is 9.07. The monoisotopic (exact) mass is 696 g/mol. The molecule has 1 aliphatic heterocycles. The predicted molar refractivity (Wildman–Crippen MR) is 179 cm³/mol. The molecule has 0 aliphatic carbocycles. The third-order valence-corrected chi connectivity index (χ3v) is 14.0. The molecule has 4 rings (SSSR count). The lowest BCUT2D eigenvalue weighted by molar-refractivity contribution is -0.0512. The molecule has 0 spiro atoms. The van der Waals surface area contributed by atoms with Gasteiger partial charge in [0.25, 0.3) is 5.92 Å². The second-order valence-corrected chi connectivity index (χ2v) is 19.4. The Labute approximate surface area is 279 Å². The fourth-order valence-electron chi connectivity index (χ4n) is 5.48. The SMILES string of the molecule is CC(C)c1nccc(CCC(F)(F)CO[Si](C)(C)C(C)(C)C)c1-n1c(=O)nc(N2C[C@@H](C)N(C(=O)O)C[C@@H]2C)c2cc(F)c(Cl)nc21. The molecule has 0 bridgehead atoms. The molecule has 47 heavy (non-hydrogen) atoms. The minimum absolute atomic E-state index is 0.0175. The van der Waals surface area contributed by atoms with Crippen LogP contribution in [0.2, 0.25) is 23.3 Å². The van der Waals surface area contributed by atoms with Gasteiger partial charge < -0.3 is 19.3 Å². The number of anilines is 1. The molecule has 1 amide bonds. The normalized spacial score (nSPS) is 18.0. The van der Waals surface area contributed by atoms with Gasteiger partial charge in [-0.25, -0.2) is 32.3 Å². The average Bonchev–Trinajstić information content (AvgIpc) is 2.96. The van der Waals surface area contributed by atoms with Crippen molar-refractivity contribution < 1.29 is 27.5 Å². The lowest BCUT2D eigenvalue weighted by Crippen LogP contribution is -2.58. The second kappa shape index (κ2) is 13.3. The van der Waals surface area contributed by atoms with Gasteiger partial charge in [0.2, 0.25) is 0 Å². The van der Waals surface area contributed by atoms with Crippen LogP contribution in [0.3, 0.4) is 0 Å². The van der Waals surface area contributed by atoms with E-state index >= 15 is 13.2 Å². The van der Waals surface area contributed by atoms with Crippen LogP contribution in [0, 0.1) is 5.82 Å². The molecule has 0 aromatic carbocycles. The topological polar surface area (TPSA) is 114 Å². The lowest BCUT2D eigenvalue weighted by atomic mass is 9.99. The highest BCUT2D eigenvalue weighted by Crippen LogP contribution is 2.38. The number of fused-ring (bicyclic) bond motifs is 1. The fourth-order valence-corrected chi connectivity index (χ4v) is 6.62. The molecule has 3 aromatic heterocycles. The summed E-state index contributed by atoms with van der Waals surface area (Å²) in [4.78, 5) is 42.0. The van der Waals surface area contributed by atoms with E-state index in [0.717, 1.165) is 6.07 Å². The van der Waals surface area contributed by atoms with Gasteiger partial charge in [-0.1, -0.05) is 46.2 Å². The zero-order valence-electron chi connectivity index (χ0n) is 28.4. The van der Waals surface area contributed by atoms with Crippen molar-refractivity contribution in [2.75, 3.05) is 24.6 Å². The van der Waals surface area contributed by atoms with Crippen LogP contribution < -0.4 is 10.6 Å². The maximum atomic E-state index is 15.3. The number of amides is 1. The smallest absolute Gasteiger partial charge is 0.407 e. The summed E-state index contributed by atoms with van der Waals surface area (Å²) in [5.74, 6) is -4.11. The number of piperazine rings is 1. The molecule has 4 heterocycles. The summed E-state index contributed by atoms with van der Waals surface area (Å²) in [5.41, 5.74) is 0.293. The van der Waals surface area contributed by atoms with Crippen LogP contribution in [0.4, 0.5) is 23.8 Å². The van der Waals surface area contributed by atoms with Gasteiger partial charge in [0.1, 0.15) is 5.82 Å². The molecule has 10 nitrogen and oxygen atoms in total. The largest absolute Gasteiger partial charge is 0.465 e. The number of halogens is 4. The third kappa shape index (κ3) is 7.59. The minimum Gasteiger partial charge on any atom is -0.465 e. The van der Waals surface area contributed by atoms with E-state index in [1.54, 1.807) is 24.8 Å². The predicted octanol–water partition coefficient (Wildman–Crippen LogP) is 7.26. The maximum absolute atomic E-state index is 15.3. The van der Waals surface area contributed by atoms with Crippen molar-refractivity contribution in [1.82, 2.24) is 24.4 Å². The number of pyridine rings is 2. The van der Waals surface area contributed by atoms with Crippen molar-refractivity contribution in [1.29, 1.82) is 0 Å². The van der Waals surface area contributed by atoms with Crippen LogP contribution in [-0.4, -0.2) is 81.6 Å². The molecule has 0 saturated carbocycles. The van der Waals surface area contributed by atoms with Crippen LogP contribution in [0.1, 0.15) is 72.1 Å². The second-order valence-electron chi connectivity index (χ2n) is 14.2. The highest BCUT2D eigenvalue weighted by molar-refractivity contribution is 6.74. The summed E-state index contributed by atoms with van der Waals surface area (Å²) < 4.78 is 52.7. The number of carboxylic acid groups (broad SMARTS) is 1. The standard InChI is InChI=1S/C32H44ClF3N6O4Si/c1-18(2)24-25(21(11-13-37-24)10-12-32(35,36)17-46-47(8,9)31(5,6)7)42-28-22(14-23(34)26(33)38-28)27(39-29(42)43)40-15-20(4)41(30(44)45)16-19(40)3/h11,13-14,18-20H,10,12,15-17H2,1-9H3,(H,44,45)/t19-,20+/m0/s1. The van der Waals surface area contributed by atoms with Crippen molar-refractivity contribution in [3.63, 3.8) is 0 Å².